The second kappa shape index (κ2) is 5.52. The van der Waals surface area contributed by atoms with E-state index in [1.807, 2.05) is 24.4 Å². The number of pyridine rings is 1. The molecule has 2 nitrogen and oxygen atoms in total. The normalized spacial score (nSPS) is 16.4. The Hall–Kier alpha value is -2.09. The van der Waals surface area contributed by atoms with E-state index < -0.39 is 0 Å². The third-order valence-corrected chi connectivity index (χ3v) is 4.36. The molecular formula is C21H25NO. The Kier molecular flexibility index (Phi) is 3.79. The van der Waals surface area contributed by atoms with Gasteiger partial charge in [0, 0.05) is 22.7 Å². The molecular weight excluding hydrogens is 282 g/mol. The van der Waals surface area contributed by atoms with E-state index in [0.29, 0.717) is 0 Å². The van der Waals surface area contributed by atoms with Gasteiger partial charge in [0.1, 0.15) is 5.75 Å². The lowest BCUT2D eigenvalue weighted by molar-refractivity contribution is 0.286. The van der Waals surface area contributed by atoms with Crippen molar-refractivity contribution >= 4 is 12.2 Å². The Morgan fingerprint density at radius 1 is 1.13 bits per heavy atom. The average molecular weight is 307 g/mol. The van der Waals surface area contributed by atoms with Crippen molar-refractivity contribution in [1.29, 1.82) is 0 Å². The molecule has 0 unspecified atom stereocenters. The van der Waals surface area contributed by atoms with Gasteiger partial charge in [0.15, 0.2) is 0 Å². The molecule has 0 N–H and O–H groups in total. The molecule has 1 aromatic heterocycles. The van der Waals surface area contributed by atoms with Crippen molar-refractivity contribution in [2.45, 2.75) is 45.4 Å². The van der Waals surface area contributed by atoms with Crippen LogP contribution in [0.4, 0.5) is 0 Å². The number of hydrogen-bond acceptors (Lipinski definition) is 2. The van der Waals surface area contributed by atoms with Crippen LogP contribution in [0.3, 0.4) is 0 Å². The quantitative estimate of drug-likeness (QED) is 0.759. The van der Waals surface area contributed by atoms with Crippen molar-refractivity contribution in [2.24, 2.45) is 0 Å². The van der Waals surface area contributed by atoms with Gasteiger partial charge in [0.05, 0.1) is 12.3 Å². The smallest absolute Gasteiger partial charge is 0.126 e. The number of aromatic nitrogens is 1. The Morgan fingerprint density at radius 2 is 1.91 bits per heavy atom. The zero-order valence-electron chi connectivity index (χ0n) is 14.7. The minimum absolute atomic E-state index is 0.0549. The molecule has 1 aromatic carbocycles. The third-order valence-electron chi connectivity index (χ3n) is 4.36. The summed E-state index contributed by atoms with van der Waals surface area (Å²) in [5.74, 6) is 1.08. The van der Waals surface area contributed by atoms with Crippen molar-refractivity contribution in [3.8, 4) is 5.75 Å². The van der Waals surface area contributed by atoms with Gasteiger partial charge in [0.25, 0.3) is 0 Å². The molecule has 0 atom stereocenters. The number of fused-ring (bicyclic) bond motifs is 1. The van der Waals surface area contributed by atoms with E-state index >= 15 is 0 Å². The van der Waals surface area contributed by atoms with Crippen LogP contribution in [0.25, 0.3) is 12.2 Å². The summed E-state index contributed by atoms with van der Waals surface area (Å²) in [6.45, 7) is 12.0. The fourth-order valence-electron chi connectivity index (χ4n) is 2.95. The van der Waals surface area contributed by atoms with Crippen LogP contribution in [0.1, 0.15) is 57.0 Å². The largest absolute Gasteiger partial charge is 0.492 e. The van der Waals surface area contributed by atoms with Gasteiger partial charge in [-0.25, -0.2) is 0 Å². The van der Waals surface area contributed by atoms with Crippen LogP contribution in [-0.4, -0.2) is 11.6 Å². The maximum Gasteiger partial charge on any atom is 0.126 e. The second-order valence-electron chi connectivity index (χ2n) is 7.96. The highest BCUT2D eigenvalue weighted by Crippen LogP contribution is 2.45. The minimum atomic E-state index is 0.0549. The van der Waals surface area contributed by atoms with Gasteiger partial charge in [0.2, 0.25) is 0 Å². The van der Waals surface area contributed by atoms with Crippen LogP contribution in [0.2, 0.25) is 0 Å². The first-order chi connectivity index (χ1) is 10.8. The predicted octanol–water partition coefficient (Wildman–Crippen LogP) is 5.22. The van der Waals surface area contributed by atoms with E-state index in [1.165, 1.54) is 16.7 Å². The average Bonchev–Trinajstić information content (AvgIpc) is 2.80. The van der Waals surface area contributed by atoms with E-state index in [2.05, 4.69) is 63.9 Å². The first kappa shape index (κ1) is 15.8. The molecule has 0 saturated carbocycles. The zero-order chi connectivity index (χ0) is 16.7. The summed E-state index contributed by atoms with van der Waals surface area (Å²) in [5, 5.41) is 0. The molecule has 2 heteroatoms. The first-order valence-corrected chi connectivity index (χ1v) is 8.18. The van der Waals surface area contributed by atoms with Gasteiger partial charge in [-0.05, 0) is 41.3 Å². The van der Waals surface area contributed by atoms with Gasteiger partial charge in [-0.3, -0.25) is 4.98 Å². The lowest BCUT2D eigenvalue weighted by Crippen LogP contribution is -2.18. The van der Waals surface area contributed by atoms with Gasteiger partial charge in [-0.1, -0.05) is 46.8 Å². The highest BCUT2D eigenvalue weighted by Gasteiger charge is 2.36. The molecule has 3 rings (SSSR count). The summed E-state index contributed by atoms with van der Waals surface area (Å²) in [7, 11) is 0. The molecule has 0 aliphatic carbocycles. The van der Waals surface area contributed by atoms with Gasteiger partial charge >= 0.3 is 0 Å². The fraction of sp³-hybridized carbons (Fsp3) is 0.381. The lowest BCUT2D eigenvalue weighted by atomic mass is 9.79. The number of nitrogens with zero attached hydrogens (tertiary/aromatic N) is 1. The summed E-state index contributed by atoms with van der Waals surface area (Å²) in [4.78, 5) is 4.35. The van der Waals surface area contributed by atoms with E-state index in [1.54, 1.807) is 0 Å². The third kappa shape index (κ3) is 3.17. The summed E-state index contributed by atoms with van der Waals surface area (Å²) < 4.78 is 6.05. The molecule has 2 aromatic rings. The molecule has 0 saturated heterocycles. The van der Waals surface area contributed by atoms with Crippen molar-refractivity contribution < 1.29 is 4.74 Å². The van der Waals surface area contributed by atoms with Crippen LogP contribution in [0, 0.1) is 0 Å². The van der Waals surface area contributed by atoms with E-state index in [4.69, 9.17) is 4.74 Å². The monoisotopic (exact) mass is 307 g/mol. The van der Waals surface area contributed by atoms with Crippen molar-refractivity contribution in [3.63, 3.8) is 0 Å². The van der Waals surface area contributed by atoms with Crippen LogP contribution in [0.5, 0.6) is 5.75 Å². The number of hydrogen-bond donors (Lipinski definition) is 0. The van der Waals surface area contributed by atoms with Gasteiger partial charge in [-0.15, -0.1) is 0 Å². The van der Waals surface area contributed by atoms with E-state index in [-0.39, 0.29) is 10.8 Å². The summed E-state index contributed by atoms with van der Waals surface area (Å²) in [6.07, 6.45) is 6.03. The predicted molar refractivity (Wildman–Crippen MR) is 96.8 cm³/mol. The Bertz CT molecular complexity index is 736. The summed E-state index contributed by atoms with van der Waals surface area (Å²) >= 11 is 0. The standard InChI is InChI=1S/C21H25NO/c1-20(2,3)17-12-15(9-10-16-8-6-7-11-22-16)13-18-19(17)23-14-21(18,4)5/h6-13H,14H2,1-5H3/b10-9+. The number of ether oxygens (including phenoxy) is 1. The Balaban J connectivity index is 2.07. The van der Waals surface area contributed by atoms with Crippen molar-refractivity contribution in [2.75, 3.05) is 6.61 Å². The zero-order valence-corrected chi connectivity index (χ0v) is 14.7. The molecule has 1 aliphatic heterocycles. The maximum atomic E-state index is 6.05. The molecule has 2 heterocycles. The van der Waals surface area contributed by atoms with Crippen LogP contribution in [0.15, 0.2) is 36.5 Å². The highest BCUT2D eigenvalue weighted by atomic mass is 16.5. The molecule has 0 amide bonds. The van der Waals surface area contributed by atoms with Crippen LogP contribution in [-0.2, 0) is 10.8 Å². The maximum absolute atomic E-state index is 6.05. The Labute approximate surface area is 139 Å². The van der Waals surface area contributed by atoms with Crippen molar-refractivity contribution in [3.05, 3.63) is 58.9 Å². The molecule has 0 radical (unpaired) electrons. The molecule has 0 bridgehead atoms. The van der Waals surface area contributed by atoms with Crippen LogP contribution >= 0.6 is 0 Å². The molecule has 120 valence electrons. The summed E-state index contributed by atoms with van der Waals surface area (Å²) in [5.41, 5.74) is 4.88. The highest BCUT2D eigenvalue weighted by molar-refractivity contribution is 5.71. The number of rotatable bonds is 2. The minimum Gasteiger partial charge on any atom is -0.492 e. The van der Waals surface area contributed by atoms with Crippen molar-refractivity contribution in [1.82, 2.24) is 4.98 Å². The first-order valence-electron chi connectivity index (χ1n) is 8.18. The molecule has 1 aliphatic rings. The second-order valence-corrected chi connectivity index (χ2v) is 7.96. The topological polar surface area (TPSA) is 22.1 Å². The summed E-state index contributed by atoms with van der Waals surface area (Å²) in [6, 6.07) is 10.5. The molecule has 0 spiro atoms. The number of benzene rings is 1. The lowest BCUT2D eigenvalue weighted by Gasteiger charge is -2.23. The SMILES string of the molecule is CC(C)(C)c1cc(/C=C/c2ccccn2)cc2c1OCC2(C)C. The van der Waals surface area contributed by atoms with E-state index in [9.17, 15) is 0 Å². The fourth-order valence-corrected chi connectivity index (χ4v) is 2.95. The molecule has 23 heavy (non-hydrogen) atoms. The van der Waals surface area contributed by atoms with Gasteiger partial charge < -0.3 is 4.74 Å². The Morgan fingerprint density at radius 3 is 2.57 bits per heavy atom. The molecule has 0 fully saturated rings. The van der Waals surface area contributed by atoms with Crippen LogP contribution < -0.4 is 4.74 Å². The van der Waals surface area contributed by atoms with Gasteiger partial charge in [-0.2, -0.15) is 0 Å². The van der Waals surface area contributed by atoms with E-state index in [0.717, 1.165) is 18.1 Å².